The molecule has 0 heterocycles. The number of nitrogens with two attached hydrogens (primary N) is 2. The monoisotopic (exact) mass is 420 g/mol. The van der Waals surface area contributed by atoms with Crippen molar-refractivity contribution >= 4 is 69.4 Å². The van der Waals surface area contributed by atoms with E-state index in [1.54, 1.807) is 41.0 Å². The first-order valence-corrected chi connectivity index (χ1v) is 7.90. The van der Waals surface area contributed by atoms with E-state index in [0.717, 1.165) is 11.5 Å². The molecule has 0 aliphatic rings. The third-order valence-corrected chi connectivity index (χ3v) is 3.29. The molecular weight excluding hydrogens is 402 g/mol. The molecule has 2 amide bonds. The molecule has 0 unspecified atom stereocenters. The van der Waals surface area contributed by atoms with Gasteiger partial charge < -0.3 is 30.9 Å². The van der Waals surface area contributed by atoms with Crippen LogP contribution in [0.3, 0.4) is 0 Å². The van der Waals surface area contributed by atoms with Crippen molar-refractivity contribution in [2.45, 2.75) is 0 Å². The Hall–Kier alpha value is 0.0434. The maximum absolute atomic E-state index is 9.31. The summed E-state index contributed by atoms with van der Waals surface area (Å²) in [4.78, 5) is 21.2. The Labute approximate surface area is 158 Å². The van der Waals surface area contributed by atoms with Crippen molar-refractivity contribution < 1.29 is 29.1 Å². The van der Waals surface area contributed by atoms with Gasteiger partial charge in [-0.1, -0.05) is 48.0 Å². The van der Waals surface area contributed by atoms with Crippen LogP contribution in [0.1, 0.15) is 0 Å². The maximum atomic E-state index is 9.31. The van der Waals surface area contributed by atoms with E-state index in [1.165, 1.54) is 33.3 Å². The second-order valence-electron chi connectivity index (χ2n) is 3.31. The van der Waals surface area contributed by atoms with E-state index < -0.39 is 0 Å². The molecule has 11 heteroatoms. The molecular formula is C10H20N4O2S4Zn. The van der Waals surface area contributed by atoms with Gasteiger partial charge in [-0.15, -0.1) is 0 Å². The van der Waals surface area contributed by atoms with Crippen molar-refractivity contribution in [1.29, 1.82) is 0 Å². The topological polar surface area (TPSA) is 92.7 Å². The summed E-state index contributed by atoms with van der Waals surface area (Å²) in [6, 6.07) is 0. The summed E-state index contributed by atoms with van der Waals surface area (Å²) in [5, 5.41) is 0. The Kier molecular flexibility index (Phi) is 30.9. The molecule has 118 valence electrons. The number of rotatable bonds is 5. The van der Waals surface area contributed by atoms with Gasteiger partial charge >= 0.3 is 19.5 Å². The summed E-state index contributed by atoms with van der Waals surface area (Å²) >= 11 is 12.2. The van der Waals surface area contributed by atoms with E-state index in [1.807, 2.05) is 0 Å². The molecule has 0 aromatic rings. The van der Waals surface area contributed by atoms with E-state index in [9.17, 15) is 9.59 Å². The summed E-state index contributed by atoms with van der Waals surface area (Å²) < 4.78 is 0.951. The van der Waals surface area contributed by atoms with Crippen LogP contribution in [0, 0.1) is 0 Å². The molecule has 0 fully saturated rings. The first-order valence-electron chi connectivity index (χ1n) is 5.12. The average molecular weight is 422 g/mol. The Morgan fingerprint density at radius 3 is 1.19 bits per heavy atom. The van der Waals surface area contributed by atoms with Crippen molar-refractivity contribution in [3.05, 3.63) is 0 Å². The minimum absolute atomic E-state index is 0. The zero-order valence-corrected chi connectivity index (χ0v) is 18.9. The van der Waals surface area contributed by atoms with Crippen LogP contribution in [-0.4, -0.2) is 71.0 Å². The van der Waals surface area contributed by atoms with E-state index >= 15 is 0 Å². The third kappa shape index (κ3) is 53.5. The predicted molar refractivity (Wildman–Crippen MR) is 97.2 cm³/mol. The first kappa shape index (κ1) is 29.1. The minimum Gasteiger partial charge on any atom is -0.522 e. The van der Waals surface area contributed by atoms with Crippen LogP contribution in [0.4, 0.5) is 0 Å². The molecule has 0 bridgehead atoms. The van der Waals surface area contributed by atoms with Crippen LogP contribution in [0.5, 0.6) is 0 Å². The Balaban J connectivity index is -0.000000112. The summed E-state index contributed by atoms with van der Waals surface area (Å²) in [6.07, 6.45) is 3.22. The quantitative estimate of drug-likeness (QED) is 0.213. The van der Waals surface area contributed by atoms with Gasteiger partial charge in [0, 0.05) is 11.5 Å². The van der Waals surface area contributed by atoms with Gasteiger partial charge in [0.2, 0.25) is 0 Å². The molecule has 0 rings (SSSR count). The zero-order chi connectivity index (χ0) is 16.6. The molecule has 0 atom stereocenters. The normalized spacial score (nSPS) is 7.62. The second-order valence-corrected chi connectivity index (χ2v) is 6.98. The minimum atomic E-state index is 0. The fourth-order valence-electron chi connectivity index (χ4n) is 0.285. The van der Waals surface area contributed by atoms with Crippen molar-refractivity contribution in [2.75, 3.05) is 39.7 Å². The van der Waals surface area contributed by atoms with Gasteiger partial charge in [0.1, 0.15) is 8.64 Å². The number of amides is 2. The van der Waals surface area contributed by atoms with E-state index in [2.05, 4.69) is 24.4 Å². The van der Waals surface area contributed by atoms with Crippen molar-refractivity contribution in [2.24, 2.45) is 11.5 Å². The van der Waals surface area contributed by atoms with Crippen LogP contribution in [0.15, 0.2) is 0 Å². The van der Waals surface area contributed by atoms with Gasteiger partial charge in [0.15, 0.2) is 0 Å². The third-order valence-electron chi connectivity index (χ3n) is 0.937. The number of hydrogen-bond donors (Lipinski definition) is 2. The average Bonchev–Trinajstić information content (AvgIpc) is 2.35. The molecule has 0 saturated carbocycles. The van der Waals surface area contributed by atoms with Crippen LogP contribution in [-0.2, 0) is 29.1 Å². The molecule has 4 N–H and O–H groups in total. The molecule has 0 aliphatic carbocycles. The van der Waals surface area contributed by atoms with Crippen LogP contribution in [0.25, 0.3) is 0 Å². The standard InChI is InChI=1S/C4H8N2S4.2C3H6NO.Zn/c5-3(7)9-1-2-10-4(6)8;2*1-4(2)3-5;/h1-2H2,(H2,5,7)(H2,6,8);2*1-2H3;/q;2*-1;+2. The number of carbonyl (C=O) groups excluding carboxylic acids is 2. The number of thiocarbonyl (C=S) groups is 2. The first-order chi connectivity index (χ1) is 9.17. The zero-order valence-electron chi connectivity index (χ0n) is 12.6. The largest absolute Gasteiger partial charge is 2.00 e. The maximum Gasteiger partial charge on any atom is 2.00 e. The fraction of sp³-hybridized carbons (Fsp3) is 0.600. The van der Waals surface area contributed by atoms with Crippen molar-refractivity contribution in [1.82, 2.24) is 9.80 Å². The van der Waals surface area contributed by atoms with Crippen LogP contribution in [0.2, 0.25) is 0 Å². The SMILES string of the molecule is CN(C)[C-]=O.CN(C)[C-]=O.NC(=S)SCCSC(N)=S.[Zn+2]. The number of nitrogens with zero attached hydrogens (tertiary/aromatic N) is 2. The molecule has 0 spiro atoms. The number of thioether (sulfide) groups is 2. The summed E-state index contributed by atoms with van der Waals surface area (Å²) in [6.45, 7) is 0. The van der Waals surface area contributed by atoms with Gasteiger partial charge in [0.25, 0.3) is 0 Å². The Morgan fingerprint density at radius 1 is 0.905 bits per heavy atom. The molecule has 6 nitrogen and oxygen atoms in total. The van der Waals surface area contributed by atoms with Crippen molar-refractivity contribution in [3.63, 3.8) is 0 Å². The molecule has 21 heavy (non-hydrogen) atoms. The van der Waals surface area contributed by atoms with Gasteiger partial charge in [0.05, 0.1) is 0 Å². The molecule has 0 aromatic carbocycles. The van der Waals surface area contributed by atoms with E-state index in [0.29, 0.717) is 8.64 Å². The van der Waals surface area contributed by atoms with Gasteiger partial charge in [-0.25, -0.2) is 0 Å². The molecule has 0 radical (unpaired) electrons. The van der Waals surface area contributed by atoms with Gasteiger partial charge in [-0.2, -0.15) is 12.8 Å². The summed E-state index contributed by atoms with van der Waals surface area (Å²) in [5.74, 6) is 1.74. The Bertz CT molecular complexity index is 266. The fourth-order valence-corrected chi connectivity index (χ4v) is 1.85. The molecule has 0 saturated heterocycles. The predicted octanol–water partition coefficient (Wildman–Crippen LogP) is 0.168. The molecule has 0 aromatic heterocycles. The van der Waals surface area contributed by atoms with Crippen LogP contribution >= 0.6 is 48.0 Å². The van der Waals surface area contributed by atoms with E-state index in [4.69, 9.17) is 11.5 Å². The van der Waals surface area contributed by atoms with Gasteiger partial charge in [-0.3, -0.25) is 0 Å². The smallest absolute Gasteiger partial charge is 0.522 e. The summed E-state index contributed by atoms with van der Waals surface area (Å²) in [5.41, 5.74) is 10.5. The Morgan fingerprint density at radius 2 is 1.10 bits per heavy atom. The van der Waals surface area contributed by atoms with Crippen molar-refractivity contribution in [3.8, 4) is 0 Å². The number of hydrogen-bond acceptors (Lipinski definition) is 6. The second kappa shape index (κ2) is 22.3. The van der Waals surface area contributed by atoms with E-state index in [-0.39, 0.29) is 19.5 Å². The summed E-state index contributed by atoms with van der Waals surface area (Å²) in [7, 11) is 6.53. The molecule has 0 aliphatic heterocycles. The van der Waals surface area contributed by atoms with Crippen LogP contribution < -0.4 is 11.5 Å². The van der Waals surface area contributed by atoms with Gasteiger partial charge in [-0.05, 0) is 28.2 Å².